The molecule has 0 heterocycles. The van der Waals surface area contributed by atoms with Crippen molar-refractivity contribution in [3.8, 4) is 5.75 Å². The van der Waals surface area contributed by atoms with E-state index in [-0.39, 0.29) is 22.1 Å². The third kappa shape index (κ3) is 5.58. The van der Waals surface area contributed by atoms with Crippen LogP contribution in [0.4, 0.5) is 15.8 Å². The van der Waals surface area contributed by atoms with Crippen molar-refractivity contribution in [1.29, 1.82) is 0 Å². The minimum absolute atomic E-state index is 0.199. The fraction of sp³-hybridized carbons (Fsp3) is 0.0476. The van der Waals surface area contributed by atoms with E-state index in [2.05, 4.69) is 10.6 Å². The molecule has 0 saturated heterocycles. The van der Waals surface area contributed by atoms with Crippen LogP contribution in [0.1, 0.15) is 15.9 Å². The van der Waals surface area contributed by atoms with E-state index < -0.39 is 16.6 Å². The van der Waals surface area contributed by atoms with Crippen LogP contribution in [-0.2, 0) is 6.61 Å². The lowest BCUT2D eigenvalue weighted by Gasteiger charge is -2.11. The number of amides is 1. The maximum absolute atomic E-state index is 13.9. The zero-order valence-corrected chi connectivity index (χ0v) is 16.3. The first kappa shape index (κ1) is 20.9. The quantitative estimate of drug-likeness (QED) is 0.345. The molecule has 0 aliphatic heterocycles. The second kappa shape index (κ2) is 9.57. The summed E-state index contributed by atoms with van der Waals surface area (Å²) < 4.78 is 19.6. The number of thiocarbonyl (C=S) groups is 1. The van der Waals surface area contributed by atoms with Gasteiger partial charge < -0.3 is 10.1 Å². The Morgan fingerprint density at radius 2 is 1.83 bits per heavy atom. The Morgan fingerprint density at radius 1 is 1.07 bits per heavy atom. The lowest BCUT2D eigenvalue weighted by Crippen LogP contribution is -2.34. The molecule has 0 aromatic heterocycles. The Balaban J connectivity index is 1.62. The van der Waals surface area contributed by atoms with Gasteiger partial charge in [0.25, 0.3) is 11.6 Å². The maximum atomic E-state index is 13.9. The van der Waals surface area contributed by atoms with Gasteiger partial charge in [-0.25, -0.2) is 4.39 Å². The summed E-state index contributed by atoms with van der Waals surface area (Å²) >= 11 is 5.02. The average Bonchev–Trinajstić information content (AvgIpc) is 2.74. The zero-order chi connectivity index (χ0) is 21.5. The number of nitro groups is 1. The van der Waals surface area contributed by atoms with Crippen molar-refractivity contribution in [2.75, 3.05) is 5.32 Å². The highest BCUT2D eigenvalue weighted by Crippen LogP contribution is 2.21. The molecule has 0 radical (unpaired) electrons. The van der Waals surface area contributed by atoms with E-state index >= 15 is 0 Å². The molecule has 9 heteroatoms. The van der Waals surface area contributed by atoms with Gasteiger partial charge in [0.1, 0.15) is 18.2 Å². The van der Waals surface area contributed by atoms with E-state index in [0.717, 1.165) is 23.8 Å². The van der Waals surface area contributed by atoms with Gasteiger partial charge in [0.05, 0.1) is 10.6 Å². The number of rotatable bonds is 6. The number of carbonyl (C=O) groups is 1. The second-order valence-electron chi connectivity index (χ2n) is 6.13. The van der Waals surface area contributed by atoms with E-state index in [4.69, 9.17) is 17.0 Å². The van der Waals surface area contributed by atoms with E-state index in [1.165, 1.54) is 0 Å². The summed E-state index contributed by atoms with van der Waals surface area (Å²) in [6, 6.07) is 19.0. The van der Waals surface area contributed by atoms with Gasteiger partial charge >= 0.3 is 0 Å². The second-order valence-corrected chi connectivity index (χ2v) is 6.54. The molecule has 2 N–H and O–H groups in total. The van der Waals surface area contributed by atoms with E-state index in [1.54, 1.807) is 24.3 Å². The SMILES string of the molecule is O=C(NC(=S)Nc1cc([N+](=O)[O-])ccc1F)c1cccc(OCc2ccccc2)c1. The minimum atomic E-state index is -0.742. The number of nitrogens with one attached hydrogen (secondary N) is 2. The van der Waals surface area contributed by atoms with Gasteiger partial charge in [-0.05, 0) is 42.0 Å². The first-order valence-electron chi connectivity index (χ1n) is 8.75. The molecule has 0 fully saturated rings. The number of nitrogens with zero attached hydrogens (tertiary/aromatic N) is 1. The van der Waals surface area contributed by atoms with Crippen LogP contribution in [0.2, 0.25) is 0 Å². The standard InChI is InChI=1S/C21H16FN3O4S/c22-18-10-9-16(25(27)28)12-19(18)23-21(30)24-20(26)15-7-4-8-17(11-15)29-13-14-5-2-1-3-6-14/h1-12H,13H2,(H2,23,24,26,30). The van der Waals surface area contributed by atoms with Crippen molar-refractivity contribution in [2.24, 2.45) is 0 Å². The van der Waals surface area contributed by atoms with Gasteiger partial charge in [0.15, 0.2) is 5.11 Å². The summed E-state index contributed by atoms with van der Waals surface area (Å²) in [5, 5.41) is 15.5. The van der Waals surface area contributed by atoms with E-state index in [1.807, 2.05) is 30.3 Å². The van der Waals surface area contributed by atoms with Gasteiger partial charge in [-0.3, -0.25) is 20.2 Å². The Hall–Kier alpha value is -3.85. The summed E-state index contributed by atoms with van der Waals surface area (Å²) in [7, 11) is 0. The highest BCUT2D eigenvalue weighted by atomic mass is 32.1. The average molecular weight is 425 g/mol. The first-order chi connectivity index (χ1) is 14.4. The van der Waals surface area contributed by atoms with Gasteiger partial charge in [-0.1, -0.05) is 36.4 Å². The predicted molar refractivity (Wildman–Crippen MR) is 114 cm³/mol. The number of nitro benzene ring substituents is 1. The molecule has 0 unspecified atom stereocenters. The van der Waals surface area contributed by atoms with Crippen LogP contribution in [0.15, 0.2) is 72.8 Å². The summed E-state index contributed by atoms with van der Waals surface area (Å²) in [4.78, 5) is 22.6. The Kier molecular flexibility index (Phi) is 6.66. The summed E-state index contributed by atoms with van der Waals surface area (Å²) in [5.74, 6) is -0.785. The van der Waals surface area contributed by atoms with Crippen LogP contribution in [0.3, 0.4) is 0 Å². The number of non-ortho nitro benzene ring substituents is 1. The third-order valence-electron chi connectivity index (χ3n) is 3.98. The molecule has 3 aromatic rings. The molecule has 0 aliphatic rings. The molecule has 0 bridgehead atoms. The Labute approximate surface area is 176 Å². The number of ether oxygens (including phenoxy) is 1. The van der Waals surface area contributed by atoms with Gasteiger partial charge in [0, 0.05) is 17.7 Å². The number of carbonyl (C=O) groups excluding carboxylic acids is 1. The van der Waals surface area contributed by atoms with Crippen molar-refractivity contribution < 1.29 is 18.8 Å². The van der Waals surface area contributed by atoms with Crippen LogP contribution in [0.25, 0.3) is 0 Å². The molecule has 0 aliphatic carbocycles. The van der Waals surface area contributed by atoms with Crippen LogP contribution < -0.4 is 15.4 Å². The summed E-state index contributed by atoms with van der Waals surface area (Å²) in [6.45, 7) is 0.345. The van der Waals surface area contributed by atoms with Gasteiger partial charge in [0.2, 0.25) is 0 Å². The highest BCUT2D eigenvalue weighted by Gasteiger charge is 2.14. The fourth-order valence-corrected chi connectivity index (χ4v) is 2.72. The van der Waals surface area contributed by atoms with Crippen molar-refractivity contribution in [1.82, 2.24) is 5.32 Å². The molecule has 30 heavy (non-hydrogen) atoms. The normalized spacial score (nSPS) is 10.2. The van der Waals surface area contributed by atoms with E-state index in [0.29, 0.717) is 12.4 Å². The van der Waals surface area contributed by atoms with Crippen molar-refractivity contribution in [2.45, 2.75) is 6.61 Å². The molecule has 7 nitrogen and oxygen atoms in total. The number of anilines is 1. The summed E-state index contributed by atoms with van der Waals surface area (Å²) in [6.07, 6.45) is 0. The zero-order valence-electron chi connectivity index (χ0n) is 15.5. The highest BCUT2D eigenvalue weighted by molar-refractivity contribution is 7.80. The molecular weight excluding hydrogens is 409 g/mol. The number of hydrogen-bond acceptors (Lipinski definition) is 5. The van der Waals surface area contributed by atoms with Crippen LogP contribution in [-0.4, -0.2) is 15.9 Å². The van der Waals surface area contributed by atoms with Gasteiger partial charge in [-0.2, -0.15) is 0 Å². The number of halogens is 1. The van der Waals surface area contributed by atoms with Crippen molar-refractivity contribution in [3.63, 3.8) is 0 Å². The number of benzene rings is 3. The minimum Gasteiger partial charge on any atom is -0.489 e. The Bertz CT molecular complexity index is 1090. The molecule has 0 saturated carbocycles. The lowest BCUT2D eigenvalue weighted by atomic mass is 10.2. The smallest absolute Gasteiger partial charge is 0.271 e. The van der Waals surface area contributed by atoms with Crippen molar-refractivity contribution >= 4 is 34.6 Å². The van der Waals surface area contributed by atoms with Crippen LogP contribution >= 0.6 is 12.2 Å². The molecule has 0 spiro atoms. The first-order valence-corrected chi connectivity index (χ1v) is 9.16. The molecular formula is C21H16FN3O4S. The molecule has 3 rings (SSSR count). The van der Waals surface area contributed by atoms with Crippen LogP contribution in [0, 0.1) is 15.9 Å². The third-order valence-corrected chi connectivity index (χ3v) is 4.18. The van der Waals surface area contributed by atoms with E-state index in [9.17, 15) is 19.3 Å². The Morgan fingerprint density at radius 3 is 2.57 bits per heavy atom. The fourth-order valence-electron chi connectivity index (χ4n) is 2.52. The molecule has 1 amide bonds. The molecule has 152 valence electrons. The monoisotopic (exact) mass is 425 g/mol. The number of hydrogen-bond donors (Lipinski definition) is 2. The van der Waals surface area contributed by atoms with Crippen LogP contribution in [0.5, 0.6) is 5.75 Å². The van der Waals surface area contributed by atoms with Gasteiger partial charge in [-0.15, -0.1) is 0 Å². The maximum Gasteiger partial charge on any atom is 0.271 e. The molecule has 3 aromatic carbocycles. The largest absolute Gasteiger partial charge is 0.489 e. The van der Waals surface area contributed by atoms with Crippen molar-refractivity contribution in [3.05, 3.63) is 99.9 Å². The lowest BCUT2D eigenvalue weighted by molar-refractivity contribution is -0.384. The summed E-state index contributed by atoms with van der Waals surface area (Å²) in [5.41, 5.74) is 0.742. The molecule has 0 atom stereocenters. The predicted octanol–water partition coefficient (Wildman–Crippen LogP) is 4.44. The topological polar surface area (TPSA) is 93.5 Å².